The summed E-state index contributed by atoms with van der Waals surface area (Å²) in [6, 6.07) is 0.396. The molecule has 1 atom stereocenters. The molecule has 2 aliphatic rings. The molecule has 1 saturated heterocycles. The van der Waals surface area contributed by atoms with Crippen molar-refractivity contribution in [2.45, 2.75) is 57.5 Å². The molecule has 1 heterocycles. The van der Waals surface area contributed by atoms with Crippen molar-refractivity contribution in [3.63, 3.8) is 0 Å². The third kappa shape index (κ3) is 4.47. The molecule has 1 unspecified atom stereocenters. The van der Waals surface area contributed by atoms with Crippen molar-refractivity contribution in [1.82, 2.24) is 10.6 Å². The predicted octanol–water partition coefficient (Wildman–Crippen LogP) is 2.17. The molecule has 0 bridgehead atoms. The minimum absolute atomic E-state index is 0.0415. The van der Waals surface area contributed by atoms with Crippen LogP contribution < -0.4 is 10.6 Å². The monoisotopic (exact) mass is 270 g/mol. The Morgan fingerprint density at radius 2 is 1.89 bits per heavy atom. The highest BCUT2D eigenvalue weighted by atomic mass is 32.2. The van der Waals surface area contributed by atoms with E-state index in [4.69, 9.17) is 0 Å². The Balaban J connectivity index is 1.63. The number of nitrogens with one attached hydrogen (secondary N) is 2. The zero-order valence-corrected chi connectivity index (χ0v) is 12.2. The second-order valence-electron chi connectivity index (χ2n) is 5.68. The maximum Gasteiger partial charge on any atom is 0.237 e. The topological polar surface area (TPSA) is 41.1 Å². The lowest BCUT2D eigenvalue weighted by molar-refractivity contribution is -0.123. The highest BCUT2D eigenvalue weighted by molar-refractivity contribution is 7.99. The fraction of sp³-hybridized carbons (Fsp3) is 0.929. The van der Waals surface area contributed by atoms with E-state index >= 15 is 0 Å². The number of carbonyl (C=O) groups excluding carboxylic acids is 1. The van der Waals surface area contributed by atoms with Crippen molar-refractivity contribution in [2.24, 2.45) is 5.92 Å². The van der Waals surface area contributed by atoms with Gasteiger partial charge in [0.15, 0.2) is 0 Å². The summed E-state index contributed by atoms with van der Waals surface area (Å²) in [6.07, 6.45) is 7.47. The third-order valence-electron chi connectivity index (χ3n) is 4.15. The van der Waals surface area contributed by atoms with Gasteiger partial charge in [-0.05, 0) is 56.6 Å². The molecular formula is C14H26N2OS. The molecule has 0 aromatic heterocycles. The van der Waals surface area contributed by atoms with E-state index in [0.29, 0.717) is 6.04 Å². The molecule has 18 heavy (non-hydrogen) atoms. The standard InChI is InChI=1S/C14H26N2OS/c1-11(14(17)16-13-4-2-3-5-13)15-10-12-6-8-18-9-7-12/h11-13,15H,2-10H2,1H3,(H,16,17). The van der Waals surface area contributed by atoms with E-state index in [2.05, 4.69) is 22.4 Å². The normalized spacial score (nSPS) is 24.1. The minimum Gasteiger partial charge on any atom is -0.352 e. The molecule has 0 aromatic carbocycles. The fourth-order valence-corrected chi connectivity index (χ4v) is 3.99. The van der Waals surface area contributed by atoms with Crippen LogP contribution in [0, 0.1) is 5.92 Å². The summed E-state index contributed by atoms with van der Waals surface area (Å²) in [7, 11) is 0. The summed E-state index contributed by atoms with van der Waals surface area (Å²) in [6.45, 7) is 2.99. The third-order valence-corrected chi connectivity index (χ3v) is 5.20. The van der Waals surface area contributed by atoms with Crippen LogP contribution in [0.3, 0.4) is 0 Å². The van der Waals surface area contributed by atoms with E-state index in [1.807, 2.05) is 6.92 Å². The van der Waals surface area contributed by atoms with E-state index < -0.39 is 0 Å². The van der Waals surface area contributed by atoms with Crippen molar-refractivity contribution in [3.8, 4) is 0 Å². The Morgan fingerprint density at radius 3 is 2.56 bits per heavy atom. The molecule has 0 radical (unpaired) electrons. The second kappa shape index (κ2) is 7.39. The van der Waals surface area contributed by atoms with Crippen LogP contribution in [0.4, 0.5) is 0 Å². The predicted molar refractivity (Wildman–Crippen MR) is 77.9 cm³/mol. The lowest BCUT2D eigenvalue weighted by Crippen LogP contribution is -2.46. The van der Waals surface area contributed by atoms with Gasteiger partial charge in [-0.2, -0.15) is 11.8 Å². The number of amides is 1. The largest absolute Gasteiger partial charge is 0.352 e. The quantitative estimate of drug-likeness (QED) is 0.804. The molecule has 1 saturated carbocycles. The van der Waals surface area contributed by atoms with E-state index in [0.717, 1.165) is 25.3 Å². The Morgan fingerprint density at radius 1 is 1.22 bits per heavy atom. The molecule has 4 heteroatoms. The summed E-state index contributed by atoms with van der Waals surface area (Å²) in [5, 5.41) is 6.57. The molecule has 2 fully saturated rings. The van der Waals surface area contributed by atoms with Crippen molar-refractivity contribution < 1.29 is 4.79 Å². The maximum absolute atomic E-state index is 12.0. The van der Waals surface area contributed by atoms with Crippen LogP contribution in [0.2, 0.25) is 0 Å². The van der Waals surface area contributed by atoms with Gasteiger partial charge in [-0.1, -0.05) is 12.8 Å². The maximum atomic E-state index is 12.0. The first-order valence-electron chi connectivity index (χ1n) is 7.37. The van der Waals surface area contributed by atoms with Gasteiger partial charge in [-0.3, -0.25) is 4.79 Å². The Labute approximate surface area is 115 Å². The van der Waals surface area contributed by atoms with Gasteiger partial charge in [-0.15, -0.1) is 0 Å². The summed E-state index contributed by atoms with van der Waals surface area (Å²) >= 11 is 2.05. The number of rotatable bonds is 5. The van der Waals surface area contributed by atoms with E-state index in [9.17, 15) is 4.79 Å². The number of hydrogen-bond donors (Lipinski definition) is 2. The second-order valence-corrected chi connectivity index (χ2v) is 6.90. The van der Waals surface area contributed by atoms with Crippen molar-refractivity contribution in [1.29, 1.82) is 0 Å². The summed E-state index contributed by atoms with van der Waals surface area (Å²) in [5.41, 5.74) is 0. The summed E-state index contributed by atoms with van der Waals surface area (Å²) in [5.74, 6) is 3.53. The van der Waals surface area contributed by atoms with Crippen LogP contribution in [-0.2, 0) is 4.79 Å². The Kier molecular flexibility index (Phi) is 5.83. The first-order valence-corrected chi connectivity index (χ1v) is 8.52. The van der Waals surface area contributed by atoms with E-state index in [-0.39, 0.29) is 11.9 Å². The molecule has 104 valence electrons. The van der Waals surface area contributed by atoms with Gasteiger partial charge < -0.3 is 10.6 Å². The average molecular weight is 270 g/mol. The molecular weight excluding hydrogens is 244 g/mol. The fourth-order valence-electron chi connectivity index (χ4n) is 2.78. The Bertz CT molecular complexity index is 261. The lowest BCUT2D eigenvalue weighted by Gasteiger charge is -2.24. The zero-order valence-electron chi connectivity index (χ0n) is 11.4. The average Bonchev–Trinajstić information content (AvgIpc) is 2.90. The van der Waals surface area contributed by atoms with Gasteiger partial charge in [0, 0.05) is 6.04 Å². The summed E-state index contributed by atoms with van der Waals surface area (Å²) in [4.78, 5) is 12.0. The van der Waals surface area contributed by atoms with Gasteiger partial charge in [0.05, 0.1) is 6.04 Å². The van der Waals surface area contributed by atoms with Crippen molar-refractivity contribution >= 4 is 17.7 Å². The van der Waals surface area contributed by atoms with Gasteiger partial charge in [0.25, 0.3) is 0 Å². The number of carbonyl (C=O) groups is 1. The molecule has 0 spiro atoms. The smallest absolute Gasteiger partial charge is 0.237 e. The van der Waals surface area contributed by atoms with E-state index in [1.165, 1.54) is 37.2 Å². The van der Waals surface area contributed by atoms with Gasteiger partial charge in [0.1, 0.15) is 0 Å². The molecule has 2 N–H and O–H groups in total. The van der Waals surface area contributed by atoms with Crippen LogP contribution in [0.15, 0.2) is 0 Å². The molecule has 3 nitrogen and oxygen atoms in total. The molecule has 1 amide bonds. The van der Waals surface area contributed by atoms with Gasteiger partial charge in [0.2, 0.25) is 5.91 Å². The highest BCUT2D eigenvalue weighted by Crippen LogP contribution is 2.22. The van der Waals surface area contributed by atoms with Gasteiger partial charge >= 0.3 is 0 Å². The van der Waals surface area contributed by atoms with Gasteiger partial charge in [-0.25, -0.2) is 0 Å². The van der Waals surface area contributed by atoms with Crippen LogP contribution >= 0.6 is 11.8 Å². The van der Waals surface area contributed by atoms with Crippen molar-refractivity contribution in [3.05, 3.63) is 0 Å². The summed E-state index contributed by atoms with van der Waals surface area (Å²) < 4.78 is 0. The molecule has 1 aliphatic heterocycles. The minimum atomic E-state index is -0.0415. The highest BCUT2D eigenvalue weighted by Gasteiger charge is 2.21. The lowest BCUT2D eigenvalue weighted by atomic mass is 10.0. The number of thioether (sulfide) groups is 1. The molecule has 0 aromatic rings. The number of hydrogen-bond acceptors (Lipinski definition) is 3. The first kappa shape index (κ1) is 14.2. The Hall–Kier alpha value is -0.220. The van der Waals surface area contributed by atoms with Crippen LogP contribution in [0.1, 0.15) is 45.4 Å². The van der Waals surface area contributed by atoms with Crippen LogP contribution in [0.5, 0.6) is 0 Å². The molecule has 2 rings (SSSR count). The van der Waals surface area contributed by atoms with E-state index in [1.54, 1.807) is 0 Å². The zero-order chi connectivity index (χ0) is 12.8. The van der Waals surface area contributed by atoms with Crippen LogP contribution in [0.25, 0.3) is 0 Å². The molecule has 1 aliphatic carbocycles. The SMILES string of the molecule is CC(NCC1CCSCC1)C(=O)NC1CCCC1. The first-order chi connectivity index (χ1) is 8.75. The van der Waals surface area contributed by atoms with Crippen molar-refractivity contribution in [2.75, 3.05) is 18.1 Å². The van der Waals surface area contributed by atoms with Crippen LogP contribution in [-0.4, -0.2) is 36.0 Å².